The van der Waals surface area contributed by atoms with Crippen molar-refractivity contribution in [2.75, 3.05) is 0 Å². The average Bonchev–Trinajstić information content (AvgIpc) is 2.73. The fourth-order valence-corrected chi connectivity index (χ4v) is 2.27. The van der Waals surface area contributed by atoms with Crippen LogP contribution in [-0.4, -0.2) is 16.1 Å². The average molecular weight is 267 g/mol. The molecule has 0 atom stereocenters. The SMILES string of the molecule is Cc1coc(SCc2ccc(F)cc2C(=O)O)n1. The first-order valence-electron chi connectivity index (χ1n) is 5.13. The van der Waals surface area contributed by atoms with Crippen molar-refractivity contribution in [3.63, 3.8) is 0 Å². The van der Waals surface area contributed by atoms with Gasteiger partial charge in [-0.2, -0.15) is 0 Å². The van der Waals surface area contributed by atoms with Crippen LogP contribution in [0.4, 0.5) is 4.39 Å². The van der Waals surface area contributed by atoms with E-state index in [1.807, 2.05) is 0 Å². The molecule has 0 aliphatic rings. The number of benzene rings is 1. The summed E-state index contributed by atoms with van der Waals surface area (Å²) < 4.78 is 18.1. The number of carboxylic acid groups (broad SMARTS) is 1. The highest BCUT2D eigenvalue weighted by Crippen LogP contribution is 2.24. The Morgan fingerprint density at radius 2 is 2.33 bits per heavy atom. The van der Waals surface area contributed by atoms with Gasteiger partial charge in [-0.15, -0.1) is 0 Å². The van der Waals surface area contributed by atoms with Crippen LogP contribution < -0.4 is 0 Å². The highest BCUT2D eigenvalue weighted by molar-refractivity contribution is 7.98. The second-order valence-electron chi connectivity index (χ2n) is 3.65. The molecule has 4 nitrogen and oxygen atoms in total. The van der Waals surface area contributed by atoms with Gasteiger partial charge in [0.1, 0.15) is 12.1 Å². The van der Waals surface area contributed by atoms with E-state index in [1.165, 1.54) is 30.2 Å². The van der Waals surface area contributed by atoms with E-state index in [0.717, 1.165) is 11.8 Å². The molecule has 1 heterocycles. The van der Waals surface area contributed by atoms with E-state index in [2.05, 4.69) is 4.98 Å². The molecule has 18 heavy (non-hydrogen) atoms. The molecule has 0 fully saturated rings. The number of thioether (sulfide) groups is 1. The zero-order valence-corrected chi connectivity index (χ0v) is 10.3. The third-order valence-electron chi connectivity index (χ3n) is 2.25. The van der Waals surface area contributed by atoms with E-state index in [0.29, 0.717) is 16.5 Å². The van der Waals surface area contributed by atoms with Crippen molar-refractivity contribution in [2.24, 2.45) is 0 Å². The van der Waals surface area contributed by atoms with E-state index in [4.69, 9.17) is 9.52 Å². The number of aromatic carboxylic acids is 1. The number of carboxylic acids is 1. The van der Waals surface area contributed by atoms with Gasteiger partial charge >= 0.3 is 5.97 Å². The van der Waals surface area contributed by atoms with Gasteiger partial charge in [-0.05, 0) is 24.6 Å². The molecule has 0 radical (unpaired) electrons. The standard InChI is InChI=1S/C12H10FNO3S/c1-7-5-17-12(14-7)18-6-8-2-3-9(13)4-10(8)11(15)16/h2-5H,6H2,1H3,(H,15,16). The molecular weight excluding hydrogens is 257 g/mol. The van der Waals surface area contributed by atoms with Crippen molar-refractivity contribution < 1.29 is 18.7 Å². The molecule has 1 aromatic carbocycles. The first kappa shape index (κ1) is 12.6. The van der Waals surface area contributed by atoms with Crippen molar-refractivity contribution in [2.45, 2.75) is 17.9 Å². The molecule has 1 aromatic heterocycles. The Hall–Kier alpha value is -1.82. The van der Waals surface area contributed by atoms with E-state index in [9.17, 15) is 9.18 Å². The zero-order valence-electron chi connectivity index (χ0n) is 9.51. The van der Waals surface area contributed by atoms with Crippen LogP contribution in [0.5, 0.6) is 0 Å². The predicted octanol–water partition coefficient (Wildman–Crippen LogP) is 3.11. The summed E-state index contributed by atoms with van der Waals surface area (Å²) in [6, 6.07) is 3.71. The number of aromatic nitrogens is 1. The number of nitrogens with zero attached hydrogens (tertiary/aromatic N) is 1. The van der Waals surface area contributed by atoms with Gasteiger partial charge in [-0.1, -0.05) is 17.8 Å². The molecule has 6 heteroatoms. The third kappa shape index (κ3) is 2.89. The van der Waals surface area contributed by atoms with Crippen molar-refractivity contribution in [3.8, 4) is 0 Å². The Bertz CT molecular complexity index is 582. The minimum absolute atomic E-state index is 0.0363. The Morgan fingerprint density at radius 1 is 1.56 bits per heavy atom. The molecule has 0 aliphatic heterocycles. The lowest BCUT2D eigenvalue weighted by Gasteiger charge is -2.04. The minimum atomic E-state index is -1.14. The second kappa shape index (κ2) is 5.22. The van der Waals surface area contributed by atoms with Gasteiger partial charge < -0.3 is 9.52 Å². The lowest BCUT2D eigenvalue weighted by molar-refractivity contribution is 0.0695. The van der Waals surface area contributed by atoms with E-state index in [-0.39, 0.29) is 5.56 Å². The van der Waals surface area contributed by atoms with Crippen molar-refractivity contribution >= 4 is 17.7 Å². The Balaban J connectivity index is 2.16. The maximum Gasteiger partial charge on any atom is 0.336 e. The van der Waals surface area contributed by atoms with Crippen molar-refractivity contribution in [1.29, 1.82) is 0 Å². The number of oxazole rings is 1. The molecule has 0 bridgehead atoms. The number of carbonyl (C=O) groups is 1. The smallest absolute Gasteiger partial charge is 0.336 e. The Kier molecular flexibility index (Phi) is 3.66. The highest BCUT2D eigenvalue weighted by Gasteiger charge is 2.12. The van der Waals surface area contributed by atoms with Crippen LogP contribution in [0, 0.1) is 12.7 Å². The predicted molar refractivity (Wildman–Crippen MR) is 64.2 cm³/mol. The summed E-state index contributed by atoms with van der Waals surface area (Å²) in [4.78, 5) is 15.1. The molecule has 1 N–H and O–H groups in total. The summed E-state index contributed by atoms with van der Waals surface area (Å²) in [6.07, 6.45) is 1.52. The molecule has 2 aromatic rings. The van der Waals surface area contributed by atoms with Crippen molar-refractivity contribution in [3.05, 3.63) is 47.1 Å². The minimum Gasteiger partial charge on any atom is -0.478 e. The lowest BCUT2D eigenvalue weighted by Crippen LogP contribution is -2.02. The van der Waals surface area contributed by atoms with E-state index < -0.39 is 11.8 Å². The molecule has 94 valence electrons. The highest BCUT2D eigenvalue weighted by atomic mass is 32.2. The Labute approximate surface area is 107 Å². The molecule has 0 amide bonds. The summed E-state index contributed by atoms with van der Waals surface area (Å²) in [5.41, 5.74) is 1.26. The maximum absolute atomic E-state index is 13.0. The molecule has 0 aliphatic carbocycles. The van der Waals surface area contributed by atoms with Gasteiger partial charge in [-0.3, -0.25) is 0 Å². The third-order valence-corrected chi connectivity index (χ3v) is 3.14. The normalized spacial score (nSPS) is 10.6. The molecule has 2 rings (SSSR count). The van der Waals surface area contributed by atoms with Gasteiger partial charge in [-0.25, -0.2) is 14.2 Å². The molecule has 0 saturated heterocycles. The van der Waals surface area contributed by atoms with E-state index in [1.54, 1.807) is 6.92 Å². The first-order chi connectivity index (χ1) is 8.56. The number of aryl methyl sites for hydroxylation is 1. The van der Waals surface area contributed by atoms with Crippen LogP contribution in [0.1, 0.15) is 21.6 Å². The summed E-state index contributed by atoms with van der Waals surface area (Å²) in [6.45, 7) is 1.80. The summed E-state index contributed by atoms with van der Waals surface area (Å²) in [5.74, 6) is -1.34. The van der Waals surface area contributed by atoms with Crippen LogP contribution in [0.25, 0.3) is 0 Å². The quantitative estimate of drug-likeness (QED) is 0.862. The number of hydrogen-bond donors (Lipinski definition) is 1. The topological polar surface area (TPSA) is 63.3 Å². The molecule has 0 unspecified atom stereocenters. The van der Waals surface area contributed by atoms with Crippen LogP contribution in [0.15, 0.2) is 34.1 Å². The summed E-state index contributed by atoms with van der Waals surface area (Å²) >= 11 is 1.27. The lowest BCUT2D eigenvalue weighted by atomic mass is 10.1. The molecular formula is C12H10FNO3S. The maximum atomic E-state index is 13.0. The summed E-state index contributed by atoms with van der Waals surface area (Å²) in [7, 11) is 0. The van der Waals surface area contributed by atoms with Crippen molar-refractivity contribution in [1.82, 2.24) is 4.98 Å². The molecule has 0 saturated carbocycles. The summed E-state index contributed by atoms with van der Waals surface area (Å²) in [5, 5.41) is 9.44. The molecule has 0 spiro atoms. The Morgan fingerprint density at radius 3 is 2.94 bits per heavy atom. The van der Waals surface area contributed by atoms with Crippen LogP contribution >= 0.6 is 11.8 Å². The zero-order chi connectivity index (χ0) is 13.1. The van der Waals surface area contributed by atoms with Gasteiger partial charge in [0, 0.05) is 5.75 Å². The number of rotatable bonds is 4. The second-order valence-corrected chi connectivity index (χ2v) is 4.58. The van der Waals surface area contributed by atoms with Crippen LogP contribution in [0.3, 0.4) is 0 Å². The number of hydrogen-bond acceptors (Lipinski definition) is 4. The largest absolute Gasteiger partial charge is 0.478 e. The van der Waals surface area contributed by atoms with Gasteiger partial charge in [0.05, 0.1) is 11.3 Å². The van der Waals surface area contributed by atoms with Crippen LogP contribution in [-0.2, 0) is 5.75 Å². The first-order valence-corrected chi connectivity index (χ1v) is 6.11. The van der Waals surface area contributed by atoms with Crippen LogP contribution in [0.2, 0.25) is 0 Å². The monoisotopic (exact) mass is 267 g/mol. The van der Waals surface area contributed by atoms with Gasteiger partial charge in [0.15, 0.2) is 0 Å². The fraction of sp³-hybridized carbons (Fsp3) is 0.167. The van der Waals surface area contributed by atoms with Gasteiger partial charge in [0.2, 0.25) is 0 Å². The van der Waals surface area contributed by atoms with E-state index >= 15 is 0 Å². The number of halogens is 1. The fourth-order valence-electron chi connectivity index (χ4n) is 1.41. The van der Waals surface area contributed by atoms with Gasteiger partial charge in [0.25, 0.3) is 5.22 Å².